The Bertz CT molecular complexity index is 850. The van der Waals surface area contributed by atoms with E-state index in [0.717, 1.165) is 24.6 Å². The summed E-state index contributed by atoms with van der Waals surface area (Å²) in [6, 6.07) is 13.3. The zero-order chi connectivity index (χ0) is 19.5. The maximum Gasteiger partial charge on any atom is 0.267 e. The van der Waals surface area contributed by atoms with Gasteiger partial charge in [-0.15, -0.1) is 0 Å². The van der Waals surface area contributed by atoms with Crippen molar-refractivity contribution in [3.05, 3.63) is 48.7 Å². The van der Waals surface area contributed by atoms with Crippen LogP contribution in [-0.4, -0.2) is 60.5 Å². The van der Waals surface area contributed by atoms with Gasteiger partial charge in [-0.2, -0.15) is 0 Å². The molecule has 2 aliphatic heterocycles. The van der Waals surface area contributed by atoms with Crippen molar-refractivity contribution in [1.82, 2.24) is 9.88 Å². The Balaban J connectivity index is 1.34. The Kier molecular flexibility index (Phi) is 5.14. The number of anilines is 2. The zero-order valence-corrected chi connectivity index (χ0v) is 16.0. The molecule has 7 heteroatoms. The van der Waals surface area contributed by atoms with Crippen LogP contribution in [0, 0.1) is 0 Å². The molecule has 1 aromatic carbocycles. The number of hydrogen-bond donors (Lipinski definition) is 0. The predicted octanol–water partition coefficient (Wildman–Crippen LogP) is 1.93. The molecule has 4 rings (SSSR count). The van der Waals surface area contributed by atoms with Crippen molar-refractivity contribution >= 4 is 23.3 Å². The number of aromatic nitrogens is 1. The van der Waals surface area contributed by atoms with E-state index < -0.39 is 6.10 Å². The van der Waals surface area contributed by atoms with Crippen LogP contribution in [-0.2, 0) is 9.59 Å². The molecule has 0 aliphatic carbocycles. The lowest BCUT2D eigenvalue weighted by molar-refractivity contribution is -0.131. The Labute approximate surface area is 164 Å². The molecular weight excluding hydrogens is 356 g/mol. The number of piperazine rings is 1. The second-order valence-electron chi connectivity index (χ2n) is 7.02. The number of rotatable bonds is 4. The maximum absolute atomic E-state index is 12.7. The summed E-state index contributed by atoms with van der Waals surface area (Å²) in [4.78, 5) is 35.4. The minimum Gasteiger partial charge on any atom is -0.479 e. The summed E-state index contributed by atoms with van der Waals surface area (Å²) in [7, 11) is 0. The van der Waals surface area contributed by atoms with E-state index in [0.29, 0.717) is 31.8 Å². The molecule has 0 bridgehead atoms. The Morgan fingerprint density at radius 3 is 2.61 bits per heavy atom. The molecule has 0 spiro atoms. The highest BCUT2D eigenvalue weighted by molar-refractivity contribution is 6.00. The minimum absolute atomic E-state index is 0.0742. The zero-order valence-electron chi connectivity index (χ0n) is 16.0. The standard InChI is InChI=1S/C21H24N4O3/c1-16-21(27)25(17-6-2-3-7-18(17)28-16)11-9-20(26)24-14-12-23(13-15-24)19-8-4-5-10-22-19/h2-8,10,16H,9,11-15H2,1H3. The fourth-order valence-corrected chi connectivity index (χ4v) is 3.68. The number of hydrogen-bond acceptors (Lipinski definition) is 5. The molecule has 3 heterocycles. The van der Waals surface area contributed by atoms with Crippen LogP contribution in [0.3, 0.4) is 0 Å². The number of carbonyl (C=O) groups excluding carboxylic acids is 2. The first kappa shape index (κ1) is 18.3. The summed E-state index contributed by atoms with van der Waals surface area (Å²) >= 11 is 0. The SMILES string of the molecule is CC1Oc2ccccc2N(CCC(=O)N2CCN(c3ccccn3)CC2)C1=O. The van der Waals surface area contributed by atoms with Gasteiger partial charge in [0, 0.05) is 45.3 Å². The molecule has 1 fully saturated rings. The van der Waals surface area contributed by atoms with Crippen molar-refractivity contribution in [3.63, 3.8) is 0 Å². The monoisotopic (exact) mass is 380 g/mol. The Hall–Kier alpha value is -3.09. The summed E-state index contributed by atoms with van der Waals surface area (Å²) in [5, 5.41) is 0. The molecule has 1 aromatic heterocycles. The number of ether oxygens (including phenoxy) is 1. The summed E-state index contributed by atoms with van der Waals surface area (Å²) in [5.74, 6) is 1.60. The summed E-state index contributed by atoms with van der Waals surface area (Å²) in [5.41, 5.74) is 0.735. The van der Waals surface area contributed by atoms with Crippen LogP contribution in [0.2, 0.25) is 0 Å². The molecule has 0 radical (unpaired) electrons. The van der Waals surface area contributed by atoms with Gasteiger partial charge >= 0.3 is 0 Å². The van der Waals surface area contributed by atoms with E-state index in [1.165, 1.54) is 0 Å². The van der Waals surface area contributed by atoms with E-state index in [2.05, 4.69) is 9.88 Å². The number of benzene rings is 1. The third-order valence-electron chi connectivity index (χ3n) is 5.23. The average Bonchev–Trinajstić information content (AvgIpc) is 2.74. The van der Waals surface area contributed by atoms with Crippen LogP contribution < -0.4 is 14.5 Å². The van der Waals surface area contributed by atoms with Crippen molar-refractivity contribution in [2.75, 3.05) is 42.5 Å². The lowest BCUT2D eigenvalue weighted by Gasteiger charge is -2.36. The number of amides is 2. The molecule has 28 heavy (non-hydrogen) atoms. The highest BCUT2D eigenvalue weighted by Crippen LogP contribution is 2.33. The van der Waals surface area contributed by atoms with E-state index in [1.54, 1.807) is 18.0 Å². The fourth-order valence-electron chi connectivity index (χ4n) is 3.68. The lowest BCUT2D eigenvalue weighted by atomic mass is 10.1. The van der Waals surface area contributed by atoms with Crippen LogP contribution in [0.15, 0.2) is 48.7 Å². The van der Waals surface area contributed by atoms with Gasteiger partial charge in [-0.25, -0.2) is 4.98 Å². The quantitative estimate of drug-likeness (QED) is 0.811. The van der Waals surface area contributed by atoms with Gasteiger partial charge in [0.2, 0.25) is 5.91 Å². The molecule has 1 unspecified atom stereocenters. The van der Waals surface area contributed by atoms with Gasteiger partial charge in [0.25, 0.3) is 5.91 Å². The van der Waals surface area contributed by atoms with Gasteiger partial charge in [-0.3, -0.25) is 9.59 Å². The van der Waals surface area contributed by atoms with Crippen LogP contribution >= 0.6 is 0 Å². The van der Waals surface area contributed by atoms with Crippen molar-refractivity contribution in [2.45, 2.75) is 19.4 Å². The van der Waals surface area contributed by atoms with Crippen LogP contribution in [0.5, 0.6) is 5.75 Å². The lowest BCUT2D eigenvalue weighted by Crippen LogP contribution is -2.50. The summed E-state index contributed by atoms with van der Waals surface area (Å²) < 4.78 is 5.65. The first-order chi connectivity index (χ1) is 13.6. The number of pyridine rings is 1. The molecule has 7 nitrogen and oxygen atoms in total. The average molecular weight is 380 g/mol. The minimum atomic E-state index is -0.535. The second-order valence-corrected chi connectivity index (χ2v) is 7.02. The third-order valence-corrected chi connectivity index (χ3v) is 5.23. The molecule has 2 aromatic rings. The van der Waals surface area contributed by atoms with E-state index in [9.17, 15) is 9.59 Å². The second kappa shape index (κ2) is 7.88. The number of nitrogens with zero attached hydrogens (tertiary/aromatic N) is 4. The van der Waals surface area contributed by atoms with E-state index >= 15 is 0 Å². The molecule has 1 atom stereocenters. The highest BCUT2D eigenvalue weighted by Gasteiger charge is 2.32. The Morgan fingerprint density at radius 1 is 1.11 bits per heavy atom. The molecule has 0 saturated carbocycles. The van der Waals surface area contributed by atoms with Crippen LogP contribution in [0.25, 0.3) is 0 Å². The largest absolute Gasteiger partial charge is 0.479 e. The van der Waals surface area contributed by atoms with Crippen molar-refractivity contribution in [3.8, 4) is 5.75 Å². The summed E-state index contributed by atoms with van der Waals surface area (Å²) in [6.45, 7) is 4.96. The van der Waals surface area contributed by atoms with Gasteiger partial charge in [0.15, 0.2) is 6.10 Å². The number of fused-ring (bicyclic) bond motifs is 1. The van der Waals surface area contributed by atoms with Gasteiger partial charge in [0.05, 0.1) is 5.69 Å². The molecule has 146 valence electrons. The van der Waals surface area contributed by atoms with Crippen molar-refractivity contribution < 1.29 is 14.3 Å². The Morgan fingerprint density at radius 2 is 1.86 bits per heavy atom. The molecule has 2 amide bonds. The van der Waals surface area contributed by atoms with Crippen LogP contribution in [0.1, 0.15) is 13.3 Å². The van der Waals surface area contributed by atoms with Gasteiger partial charge in [-0.1, -0.05) is 18.2 Å². The molecule has 0 N–H and O–H groups in total. The normalized spacial score (nSPS) is 19.2. The fraction of sp³-hybridized carbons (Fsp3) is 0.381. The highest BCUT2D eigenvalue weighted by atomic mass is 16.5. The first-order valence-electron chi connectivity index (χ1n) is 9.64. The topological polar surface area (TPSA) is 66.0 Å². The summed E-state index contributed by atoms with van der Waals surface area (Å²) in [6.07, 6.45) is 1.55. The van der Waals surface area contributed by atoms with Crippen molar-refractivity contribution in [1.29, 1.82) is 0 Å². The van der Waals surface area contributed by atoms with Crippen LogP contribution in [0.4, 0.5) is 11.5 Å². The van der Waals surface area contributed by atoms with Crippen molar-refractivity contribution in [2.24, 2.45) is 0 Å². The number of para-hydroxylation sites is 2. The van der Waals surface area contributed by atoms with Gasteiger partial charge < -0.3 is 19.4 Å². The third kappa shape index (κ3) is 3.65. The predicted molar refractivity (Wildman–Crippen MR) is 107 cm³/mol. The molecule has 2 aliphatic rings. The van der Waals surface area contributed by atoms with Gasteiger partial charge in [-0.05, 0) is 31.2 Å². The smallest absolute Gasteiger partial charge is 0.267 e. The molecule has 1 saturated heterocycles. The number of carbonyl (C=O) groups is 2. The van der Waals surface area contributed by atoms with E-state index in [-0.39, 0.29) is 11.8 Å². The van der Waals surface area contributed by atoms with Gasteiger partial charge in [0.1, 0.15) is 11.6 Å². The molecular formula is C21H24N4O3. The first-order valence-corrected chi connectivity index (χ1v) is 9.64. The maximum atomic E-state index is 12.7. The van der Waals surface area contributed by atoms with E-state index in [4.69, 9.17) is 4.74 Å². The van der Waals surface area contributed by atoms with E-state index in [1.807, 2.05) is 47.4 Å².